The molecule has 0 spiro atoms. The summed E-state index contributed by atoms with van der Waals surface area (Å²) >= 11 is 0. The van der Waals surface area contributed by atoms with E-state index in [2.05, 4.69) is 32.3 Å². The monoisotopic (exact) mass is 398 g/mol. The summed E-state index contributed by atoms with van der Waals surface area (Å²) in [6.45, 7) is 2.28. The molecule has 1 amide bonds. The van der Waals surface area contributed by atoms with E-state index in [1.165, 1.54) is 36.7 Å². The number of nitrogens with one attached hydrogen (secondary N) is 1. The first-order valence-corrected chi connectivity index (χ1v) is 10.8. The first kappa shape index (κ1) is 18.9. The van der Waals surface area contributed by atoms with Crippen LogP contribution in [0.2, 0.25) is 0 Å². The van der Waals surface area contributed by atoms with E-state index in [0.29, 0.717) is 5.56 Å². The molecular formula is C25H26N4O. The maximum atomic E-state index is 12.7. The maximum absolute atomic E-state index is 12.7. The van der Waals surface area contributed by atoms with Crippen LogP contribution in [0.4, 0.5) is 5.69 Å². The normalized spacial score (nSPS) is 16.9. The minimum absolute atomic E-state index is 0.0875. The minimum Gasteiger partial charge on any atom is -0.322 e. The van der Waals surface area contributed by atoms with Gasteiger partial charge in [-0.05, 0) is 66.6 Å². The van der Waals surface area contributed by atoms with Gasteiger partial charge in [-0.2, -0.15) is 0 Å². The van der Waals surface area contributed by atoms with Gasteiger partial charge in [0.05, 0.1) is 0 Å². The molecule has 1 fully saturated rings. The van der Waals surface area contributed by atoms with Crippen molar-refractivity contribution in [2.75, 3.05) is 18.4 Å². The molecule has 1 aliphatic heterocycles. The number of amides is 1. The summed E-state index contributed by atoms with van der Waals surface area (Å²) in [6, 6.07) is 14.7. The second-order valence-corrected chi connectivity index (χ2v) is 8.26. The Balaban J connectivity index is 1.26. The molecule has 0 bridgehead atoms. The molecule has 5 nitrogen and oxygen atoms in total. The summed E-state index contributed by atoms with van der Waals surface area (Å²) in [5, 5.41) is 3.07. The number of fused-ring (bicyclic) bond motifs is 1. The zero-order valence-electron chi connectivity index (χ0n) is 17.1. The van der Waals surface area contributed by atoms with Gasteiger partial charge >= 0.3 is 0 Å². The van der Waals surface area contributed by atoms with Gasteiger partial charge in [-0.25, -0.2) is 9.97 Å². The Morgan fingerprint density at radius 2 is 1.63 bits per heavy atom. The standard InChI is InChI=1S/C25H26N4O/c30-25(20-6-4-18(5-7-20)22-15-26-17-27-16-22)28-23-9-8-19-10-12-29(24-2-1-3-24)13-11-21(19)14-23/h4-9,14-17,24H,1-3,10-13H2,(H,28,30). The lowest BCUT2D eigenvalue weighted by atomic mass is 9.91. The number of aromatic nitrogens is 2. The Hall–Kier alpha value is -3.05. The topological polar surface area (TPSA) is 58.1 Å². The van der Waals surface area contributed by atoms with Gasteiger partial charge in [-0.1, -0.05) is 24.6 Å². The molecule has 1 saturated carbocycles. The van der Waals surface area contributed by atoms with Gasteiger partial charge in [0, 0.05) is 48.3 Å². The molecule has 2 heterocycles. The maximum Gasteiger partial charge on any atom is 0.255 e. The molecule has 1 aliphatic carbocycles. The number of anilines is 1. The van der Waals surface area contributed by atoms with Gasteiger partial charge in [0.25, 0.3) is 5.91 Å². The van der Waals surface area contributed by atoms with E-state index in [4.69, 9.17) is 0 Å². The van der Waals surface area contributed by atoms with Crippen molar-refractivity contribution in [3.63, 3.8) is 0 Å². The zero-order chi connectivity index (χ0) is 20.3. The molecule has 2 aromatic carbocycles. The van der Waals surface area contributed by atoms with Crippen molar-refractivity contribution in [1.82, 2.24) is 14.9 Å². The average molecular weight is 399 g/mol. The van der Waals surface area contributed by atoms with Crippen LogP contribution in [-0.2, 0) is 12.8 Å². The second-order valence-electron chi connectivity index (χ2n) is 8.26. The van der Waals surface area contributed by atoms with Crippen molar-refractivity contribution >= 4 is 11.6 Å². The van der Waals surface area contributed by atoms with Gasteiger partial charge in [-0.3, -0.25) is 9.69 Å². The first-order valence-electron chi connectivity index (χ1n) is 10.8. The lowest BCUT2D eigenvalue weighted by Gasteiger charge is -2.36. The van der Waals surface area contributed by atoms with Crippen LogP contribution in [0.3, 0.4) is 0 Å². The van der Waals surface area contributed by atoms with E-state index in [0.717, 1.165) is 48.8 Å². The number of nitrogens with zero attached hydrogens (tertiary/aromatic N) is 3. The molecule has 0 radical (unpaired) electrons. The van der Waals surface area contributed by atoms with Gasteiger partial charge < -0.3 is 5.32 Å². The van der Waals surface area contributed by atoms with Crippen LogP contribution in [0.5, 0.6) is 0 Å². The number of carbonyl (C=O) groups is 1. The van der Waals surface area contributed by atoms with Gasteiger partial charge in [-0.15, -0.1) is 0 Å². The lowest BCUT2D eigenvalue weighted by molar-refractivity contribution is 0.102. The SMILES string of the molecule is O=C(Nc1ccc2c(c1)CCN(C1CCC1)CC2)c1ccc(-c2cncnc2)cc1. The first-order chi connectivity index (χ1) is 14.8. The molecular weight excluding hydrogens is 372 g/mol. The summed E-state index contributed by atoms with van der Waals surface area (Å²) in [6.07, 6.45) is 11.3. The van der Waals surface area contributed by atoms with Crippen LogP contribution in [0.25, 0.3) is 11.1 Å². The van der Waals surface area contributed by atoms with Crippen molar-refractivity contribution in [2.45, 2.75) is 38.1 Å². The van der Waals surface area contributed by atoms with Crippen LogP contribution in [0, 0.1) is 0 Å². The second kappa shape index (κ2) is 8.36. The Kier molecular flexibility index (Phi) is 5.28. The molecule has 0 unspecified atom stereocenters. The number of hydrogen-bond acceptors (Lipinski definition) is 4. The summed E-state index contributed by atoms with van der Waals surface area (Å²) in [5.74, 6) is -0.0875. The Bertz CT molecular complexity index is 1030. The molecule has 0 saturated heterocycles. The van der Waals surface area contributed by atoms with E-state index in [-0.39, 0.29) is 5.91 Å². The third-order valence-electron chi connectivity index (χ3n) is 6.43. The quantitative estimate of drug-likeness (QED) is 0.710. The average Bonchev–Trinajstić information content (AvgIpc) is 2.96. The van der Waals surface area contributed by atoms with Crippen LogP contribution in [0.1, 0.15) is 40.7 Å². The highest BCUT2D eigenvalue weighted by molar-refractivity contribution is 6.04. The highest BCUT2D eigenvalue weighted by Crippen LogP contribution is 2.28. The number of hydrogen-bond donors (Lipinski definition) is 1. The van der Waals surface area contributed by atoms with Gasteiger partial charge in [0.15, 0.2) is 0 Å². The molecule has 152 valence electrons. The van der Waals surface area contributed by atoms with Crippen molar-refractivity contribution < 1.29 is 4.79 Å². The van der Waals surface area contributed by atoms with Crippen LogP contribution < -0.4 is 5.32 Å². The fraction of sp³-hybridized carbons (Fsp3) is 0.320. The van der Waals surface area contributed by atoms with Crippen molar-refractivity contribution in [1.29, 1.82) is 0 Å². The molecule has 0 atom stereocenters. The third-order valence-corrected chi connectivity index (χ3v) is 6.43. The van der Waals surface area contributed by atoms with E-state index in [1.54, 1.807) is 12.4 Å². The highest BCUT2D eigenvalue weighted by Gasteiger charge is 2.26. The van der Waals surface area contributed by atoms with Crippen LogP contribution in [-0.4, -0.2) is 39.9 Å². The number of rotatable bonds is 4. The molecule has 3 aromatic rings. The van der Waals surface area contributed by atoms with E-state index < -0.39 is 0 Å². The smallest absolute Gasteiger partial charge is 0.255 e. The summed E-state index contributed by atoms with van der Waals surface area (Å²) in [4.78, 5) is 23.5. The fourth-order valence-corrected chi connectivity index (χ4v) is 4.40. The molecule has 30 heavy (non-hydrogen) atoms. The molecule has 1 aromatic heterocycles. The number of carbonyl (C=O) groups excluding carboxylic acids is 1. The Labute approximate surface area is 177 Å². The van der Waals surface area contributed by atoms with E-state index >= 15 is 0 Å². The van der Waals surface area contributed by atoms with E-state index in [1.807, 2.05) is 30.3 Å². The Morgan fingerprint density at radius 1 is 0.900 bits per heavy atom. The summed E-state index contributed by atoms with van der Waals surface area (Å²) < 4.78 is 0. The number of benzene rings is 2. The van der Waals surface area contributed by atoms with Crippen LogP contribution >= 0.6 is 0 Å². The fourth-order valence-electron chi connectivity index (χ4n) is 4.40. The lowest BCUT2D eigenvalue weighted by Crippen LogP contribution is -2.41. The van der Waals surface area contributed by atoms with Gasteiger partial charge in [0.1, 0.15) is 6.33 Å². The van der Waals surface area contributed by atoms with Gasteiger partial charge in [0.2, 0.25) is 0 Å². The van der Waals surface area contributed by atoms with Crippen molar-refractivity contribution in [3.05, 3.63) is 77.9 Å². The summed E-state index contributed by atoms with van der Waals surface area (Å²) in [5.41, 5.74) is 6.23. The predicted octanol–water partition coefficient (Wildman–Crippen LogP) is 4.35. The Morgan fingerprint density at radius 3 is 2.33 bits per heavy atom. The van der Waals surface area contributed by atoms with Crippen molar-refractivity contribution in [3.8, 4) is 11.1 Å². The molecule has 5 rings (SSSR count). The van der Waals surface area contributed by atoms with Crippen LogP contribution in [0.15, 0.2) is 61.2 Å². The third kappa shape index (κ3) is 3.98. The molecule has 2 aliphatic rings. The minimum atomic E-state index is -0.0875. The largest absolute Gasteiger partial charge is 0.322 e. The molecule has 1 N–H and O–H groups in total. The van der Waals surface area contributed by atoms with Crippen molar-refractivity contribution in [2.24, 2.45) is 0 Å². The predicted molar refractivity (Wildman–Crippen MR) is 118 cm³/mol. The zero-order valence-corrected chi connectivity index (χ0v) is 17.1. The summed E-state index contributed by atoms with van der Waals surface area (Å²) in [7, 11) is 0. The van der Waals surface area contributed by atoms with E-state index in [9.17, 15) is 4.79 Å². The molecule has 5 heteroatoms. The highest BCUT2D eigenvalue weighted by atomic mass is 16.1.